The van der Waals surface area contributed by atoms with E-state index in [1.165, 1.54) is 18.3 Å². The number of benzene rings is 3. The molecule has 0 heterocycles. The van der Waals surface area contributed by atoms with Gasteiger partial charge in [0, 0.05) is 0 Å². The number of carbonyl (C=O) groups excluding carboxylic acids is 1. The highest BCUT2D eigenvalue weighted by Crippen LogP contribution is 2.28. The number of nitrogens with zero attached hydrogens (tertiary/aromatic N) is 2. The largest absolute Gasteiger partial charge is 0.494 e. The van der Waals surface area contributed by atoms with Crippen LogP contribution in [0.3, 0.4) is 0 Å². The normalized spacial score (nSPS) is 11.4. The number of nitrogens with one attached hydrogen (secondary N) is 1. The number of anilines is 1. The highest BCUT2D eigenvalue weighted by molar-refractivity contribution is 7.92. The van der Waals surface area contributed by atoms with Gasteiger partial charge in [0.15, 0.2) is 0 Å². The fourth-order valence-corrected chi connectivity index (χ4v) is 4.74. The van der Waals surface area contributed by atoms with E-state index in [9.17, 15) is 13.2 Å². The molecule has 3 rings (SSSR count). The highest BCUT2D eigenvalue weighted by Gasteiger charge is 2.28. The predicted molar refractivity (Wildman–Crippen MR) is 135 cm³/mol. The molecule has 34 heavy (non-hydrogen) atoms. The summed E-state index contributed by atoms with van der Waals surface area (Å²) in [5.74, 6) is 0.206. The molecule has 0 aliphatic carbocycles. The molecule has 7 nitrogen and oxygen atoms in total. The maximum atomic E-state index is 13.4. The van der Waals surface area contributed by atoms with Gasteiger partial charge in [0.25, 0.3) is 15.9 Å². The van der Waals surface area contributed by atoms with Crippen molar-refractivity contribution in [1.29, 1.82) is 0 Å². The molecule has 1 N–H and O–H groups in total. The quantitative estimate of drug-likeness (QED) is 0.344. The van der Waals surface area contributed by atoms with Gasteiger partial charge in [-0.3, -0.25) is 9.10 Å². The Labute approximate surface area is 201 Å². The Morgan fingerprint density at radius 1 is 1.00 bits per heavy atom. The molecule has 0 aliphatic rings. The molecule has 0 fully saturated rings. The van der Waals surface area contributed by atoms with Crippen LogP contribution in [0.5, 0.6) is 5.75 Å². The highest BCUT2D eigenvalue weighted by atomic mass is 32.2. The summed E-state index contributed by atoms with van der Waals surface area (Å²) < 4.78 is 33.5. The second-order valence-corrected chi connectivity index (χ2v) is 9.62. The summed E-state index contributed by atoms with van der Waals surface area (Å²) in [6.45, 7) is 6.00. The van der Waals surface area contributed by atoms with E-state index in [0.717, 1.165) is 33.2 Å². The summed E-state index contributed by atoms with van der Waals surface area (Å²) in [5, 5.41) is 3.99. The molecular formula is C26H29N3O4S. The Kier molecular flexibility index (Phi) is 8.43. The van der Waals surface area contributed by atoms with Crippen LogP contribution in [0, 0.1) is 13.8 Å². The average Bonchev–Trinajstić information content (AvgIpc) is 2.84. The Bertz CT molecular complexity index is 1240. The van der Waals surface area contributed by atoms with E-state index < -0.39 is 22.5 Å². The molecule has 1 amide bonds. The molecular weight excluding hydrogens is 450 g/mol. The first-order chi connectivity index (χ1) is 16.3. The molecule has 178 valence electrons. The molecule has 0 unspecified atom stereocenters. The van der Waals surface area contributed by atoms with Crippen LogP contribution >= 0.6 is 0 Å². The summed E-state index contributed by atoms with van der Waals surface area (Å²) in [7, 11) is -3.97. The van der Waals surface area contributed by atoms with Crippen molar-refractivity contribution in [2.75, 3.05) is 17.5 Å². The number of hydrazone groups is 1. The Balaban J connectivity index is 1.78. The second-order valence-electron chi connectivity index (χ2n) is 7.75. The first kappa shape index (κ1) is 25.0. The predicted octanol–water partition coefficient (Wildman–Crippen LogP) is 4.44. The molecule has 0 saturated carbocycles. The molecule has 0 saturated heterocycles. The first-order valence-corrected chi connectivity index (χ1v) is 12.5. The van der Waals surface area contributed by atoms with Crippen molar-refractivity contribution in [2.24, 2.45) is 5.10 Å². The van der Waals surface area contributed by atoms with E-state index in [2.05, 4.69) is 10.5 Å². The lowest BCUT2D eigenvalue weighted by Gasteiger charge is -2.26. The molecule has 8 heteroatoms. The van der Waals surface area contributed by atoms with Crippen LogP contribution in [0.2, 0.25) is 0 Å². The van der Waals surface area contributed by atoms with Crippen molar-refractivity contribution in [3.05, 3.63) is 89.5 Å². The van der Waals surface area contributed by atoms with Gasteiger partial charge in [0.05, 0.1) is 23.4 Å². The minimum atomic E-state index is -3.97. The van der Waals surface area contributed by atoms with Gasteiger partial charge in [0.1, 0.15) is 12.3 Å². The molecule has 0 aromatic heterocycles. The zero-order chi connectivity index (χ0) is 24.6. The third-order valence-corrected chi connectivity index (χ3v) is 6.99. The lowest BCUT2D eigenvalue weighted by molar-refractivity contribution is -0.119. The zero-order valence-electron chi connectivity index (χ0n) is 19.6. The molecule has 0 aliphatic heterocycles. The van der Waals surface area contributed by atoms with Crippen LogP contribution in [0.15, 0.2) is 82.8 Å². The van der Waals surface area contributed by atoms with Crippen molar-refractivity contribution >= 4 is 27.8 Å². The molecule has 3 aromatic carbocycles. The summed E-state index contributed by atoms with van der Waals surface area (Å²) >= 11 is 0. The second kappa shape index (κ2) is 11.5. The van der Waals surface area contributed by atoms with Gasteiger partial charge < -0.3 is 4.74 Å². The maximum absolute atomic E-state index is 13.4. The van der Waals surface area contributed by atoms with Gasteiger partial charge in [-0.2, -0.15) is 5.10 Å². The molecule has 0 radical (unpaired) electrons. The number of aryl methyl sites for hydroxylation is 1. The number of amides is 1. The molecule has 0 spiro atoms. The van der Waals surface area contributed by atoms with Crippen LogP contribution in [-0.2, 0) is 14.8 Å². The van der Waals surface area contributed by atoms with E-state index in [4.69, 9.17) is 4.74 Å². The van der Waals surface area contributed by atoms with Crippen molar-refractivity contribution in [2.45, 2.75) is 32.1 Å². The maximum Gasteiger partial charge on any atom is 0.264 e. The number of rotatable bonds is 10. The van der Waals surface area contributed by atoms with Crippen LogP contribution in [0.25, 0.3) is 0 Å². The van der Waals surface area contributed by atoms with Gasteiger partial charge in [-0.1, -0.05) is 37.3 Å². The van der Waals surface area contributed by atoms with Gasteiger partial charge in [-0.05, 0) is 79.4 Å². The summed E-state index contributed by atoms with van der Waals surface area (Å²) in [5.41, 5.74) is 5.36. The molecule has 0 bridgehead atoms. The minimum Gasteiger partial charge on any atom is -0.494 e. The number of hydrogen-bond donors (Lipinski definition) is 1. The Morgan fingerprint density at radius 3 is 2.38 bits per heavy atom. The van der Waals surface area contributed by atoms with E-state index in [0.29, 0.717) is 12.3 Å². The van der Waals surface area contributed by atoms with E-state index >= 15 is 0 Å². The summed E-state index contributed by atoms with van der Waals surface area (Å²) in [4.78, 5) is 12.8. The Morgan fingerprint density at radius 2 is 1.71 bits per heavy atom. The van der Waals surface area contributed by atoms with Crippen molar-refractivity contribution in [1.82, 2.24) is 5.43 Å². The van der Waals surface area contributed by atoms with Crippen LogP contribution in [0.1, 0.15) is 30.0 Å². The zero-order valence-corrected chi connectivity index (χ0v) is 20.4. The number of hydrogen-bond acceptors (Lipinski definition) is 5. The number of sulfonamides is 1. The van der Waals surface area contributed by atoms with Gasteiger partial charge >= 0.3 is 0 Å². The average molecular weight is 480 g/mol. The van der Waals surface area contributed by atoms with Crippen LogP contribution < -0.4 is 14.5 Å². The third kappa shape index (κ3) is 6.23. The third-order valence-electron chi connectivity index (χ3n) is 5.22. The van der Waals surface area contributed by atoms with Crippen LogP contribution in [-0.4, -0.2) is 33.7 Å². The van der Waals surface area contributed by atoms with Crippen molar-refractivity contribution < 1.29 is 17.9 Å². The lowest BCUT2D eigenvalue weighted by Crippen LogP contribution is -2.40. The number of ether oxygens (including phenoxy) is 1. The molecule has 3 aromatic rings. The topological polar surface area (TPSA) is 88.1 Å². The van der Waals surface area contributed by atoms with Crippen molar-refractivity contribution in [3.63, 3.8) is 0 Å². The van der Waals surface area contributed by atoms with Gasteiger partial charge in [0.2, 0.25) is 0 Å². The standard InChI is InChI=1S/C26H29N3O4S/c1-4-17-33-23-15-13-22(14-16-23)18-27-28-26(30)19-29(25-12-8-9-20(2)21(25)3)34(31,32)24-10-6-5-7-11-24/h5-16,18H,4,17,19H2,1-3H3,(H,28,30)/b27-18-. The van der Waals surface area contributed by atoms with E-state index in [-0.39, 0.29) is 4.90 Å². The monoisotopic (exact) mass is 479 g/mol. The van der Waals surface area contributed by atoms with E-state index in [1.807, 2.05) is 51.1 Å². The first-order valence-electron chi connectivity index (χ1n) is 11.0. The van der Waals surface area contributed by atoms with E-state index in [1.54, 1.807) is 30.3 Å². The SMILES string of the molecule is CCCOc1ccc(/C=N\NC(=O)CN(c2cccc(C)c2C)S(=O)(=O)c2ccccc2)cc1. The van der Waals surface area contributed by atoms with Gasteiger partial charge in [-0.25, -0.2) is 13.8 Å². The summed E-state index contributed by atoms with van der Waals surface area (Å²) in [6, 6.07) is 20.7. The Hall–Kier alpha value is -3.65. The lowest BCUT2D eigenvalue weighted by atomic mass is 10.1. The van der Waals surface area contributed by atoms with Gasteiger partial charge in [-0.15, -0.1) is 0 Å². The van der Waals surface area contributed by atoms with Crippen LogP contribution in [0.4, 0.5) is 5.69 Å². The smallest absolute Gasteiger partial charge is 0.264 e. The number of carbonyl (C=O) groups is 1. The fraction of sp³-hybridized carbons (Fsp3) is 0.231. The van der Waals surface area contributed by atoms with Crippen molar-refractivity contribution in [3.8, 4) is 5.75 Å². The summed E-state index contributed by atoms with van der Waals surface area (Å²) in [6.07, 6.45) is 2.42. The molecule has 0 atom stereocenters. The fourth-order valence-electron chi connectivity index (χ4n) is 3.24. The minimum absolute atomic E-state index is 0.109.